The number of hydrogen-bond acceptors (Lipinski definition) is 4. The second-order valence-electron chi connectivity index (χ2n) is 6.88. The molecule has 1 fully saturated rings. The highest BCUT2D eigenvalue weighted by atomic mass is 32.2. The molecule has 28 heavy (non-hydrogen) atoms. The number of sulfonamides is 1. The van der Waals surface area contributed by atoms with Gasteiger partial charge in [0.25, 0.3) is 5.91 Å². The summed E-state index contributed by atoms with van der Waals surface area (Å²) < 4.78 is 27.0. The maximum atomic E-state index is 12.7. The first kappa shape index (κ1) is 20.0. The van der Waals surface area contributed by atoms with Gasteiger partial charge in [-0.2, -0.15) is 9.57 Å². The molecule has 1 heterocycles. The van der Waals surface area contributed by atoms with Crippen LogP contribution in [-0.4, -0.2) is 51.4 Å². The number of rotatable bonds is 5. The number of anilines is 1. The van der Waals surface area contributed by atoms with Gasteiger partial charge in [0.1, 0.15) is 0 Å². The number of carbonyl (C=O) groups excluding carboxylic acids is 1. The van der Waals surface area contributed by atoms with Gasteiger partial charge in [0.15, 0.2) is 6.54 Å². The van der Waals surface area contributed by atoms with E-state index in [0.29, 0.717) is 42.3 Å². The maximum Gasteiger partial charge on any atom is 0.279 e. The molecule has 0 aromatic heterocycles. The van der Waals surface area contributed by atoms with Crippen LogP contribution in [0.3, 0.4) is 0 Å². The van der Waals surface area contributed by atoms with Crippen LogP contribution in [0.5, 0.6) is 0 Å². The number of benzene rings is 2. The Hall–Kier alpha value is -2.73. The van der Waals surface area contributed by atoms with E-state index >= 15 is 0 Å². The van der Waals surface area contributed by atoms with Crippen LogP contribution in [0.4, 0.5) is 5.69 Å². The molecule has 0 saturated carbocycles. The normalized spacial score (nSPS) is 15.7. The molecule has 1 saturated heterocycles. The molecule has 0 aliphatic carbocycles. The van der Waals surface area contributed by atoms with Crippen LogP contribution in [0.1, 0.15) is 11.1 Å². The Morgan fingerprint density at radius 2 is 1.86 bits per heavy atom. The van der Waals surface area contributed by atoms with Gasteiger partial charge in [-0.25, -0.2) is 8.42 Å². The maximum absolute atomic E-state index is 12.7. The van der Waals surface area contributed by atoms with E-state index in [1.54, 1.807) is 48.5 Å². The van der Waals surface area contributed by atoms with Crippen molar-refractivity contribution in [3.05, 3.63) is 59.7 Å². The van der Waals surface area contributed by atoms with Gasteiger partial charge in [-0.3, -0.25) is 4.79 Å². The lowest BCUT2D eigenvalue weighted by Crippen LogP contribution is -3.15. The minimum absolute atomic E-state index is 0.153. The topological polar surface area (TPSA) is 94.7 Å². The molecular formula is C20H23N4O3S+. The number of hydrogen-bond donors (Lipinski definition) is 2. The van der Waals surface area contributed by atoms with Crippen molar-refractivity contribution in [1.82, 2.24) is 4.31 Å². The van der Waals surface area contributed by atoms with Crippen molar-refractivity contribution in [3.63, 3.8) is 0 Å². The van der Waals surface area contributed by atoms with Crippen LogP contribution in [0, 0.1) is 18.3 Å². The highest BCUT2D eigenvalue weighted by molar-refractivity contribution is 7.89. The van der Waals surface area contributed by atoms with Gasteiger partial charge in [-0.05, 0) is 37.3 Å². The third-order valence-corrected chi connectivity index (χ3v) is 6.69. The molecule has 1 aliphatic rings. The molecule has 0 unspecified atom stereocenters. The van der Waals surface area contributed by atoms with Gasteiger partial charge in [0, 0.05) is 5.69 Å². The van der Waals surface area contributed by atoms with Crippen LogP contribution in [0.25, 0.3) is 0 Å². The fourth-order valence-corrected chi connectivity index (χ4v) is 4.62. The Labute approximate surface area is 165 Å². The lowest BCUT2D eigenvalue weighted by atomic mass is 10.2. The summed E-state index contributed by atoms with van der Waals surface area (Å²) in [6, 6.07) is 15.6. The smallest absolute Gasteiger partial charge is 0.279 e. The summed E-state index contributed by atoms with van der Waals surface area (Å²) in [7, 11) is -3.50. The quantitative estimate of drug-likeness (QED) is 0.761. The molecule has 7 nitrogen and oxygen atoms in total. The van der Waals surface area contributed by atoms with Crippen LogP contribution in [0.15, 0.2) is 53.4 Å². The molecular weight excluding hydrogens is 376 g/mol. The van der Waals surface area contributed by atoms with Gasteiger partial charge >= 0.3 is 0 Å². The minimum Gasteiger partial charge on any atom is -0.325 e. The van der Waals surface area contributed by atoms with E-state index in [4.69, 9.17) is 5.26 Å². The first-order valence-corrected chi connectivity index (χ1v) is 10.5. The van der Waals surface area contributed by atoms with Crippen molar-refractivity contribution in [3.8, 4) is 6.07 Å². The van der Waals surface area contributed by atoms with Gasteiger partial charge in [0.05, 0.1) is 42.7 Å². The zero-order chi connectivity index (χ0) is 20.1. The monoisotopic (exact) mass is 399 g/mol. The number of piperazine rings is 1. The van der Waals surface area contributed by atoms with Crippen LogP contribution >= 0.6 is 0 Å². The van der Waals surface area contributed by atoms with Crippen LogP contribution in [0.2, 0.25) is 0 Å². The fourth-order valence-electron chi connectivity index (χ4n) is 3.18. The van der Waals surface area contributed by atoms with E-state index in [1.807, 2.05) is 13.0 Å². The average molecular weight is 399 g/mol. The molecule has 0 atom stereocenters. The van der Waals surface area contributed by atoms with E-state index in [2.05, 4.69) is 5.32 Å². The second-order valence-corrected chi connectivity index (χ2v) is 8.82. The number of nitrogens with zero attached hydrogens (tertiary/aromatic N) is 2. The van der Waals surface area contributed by atoms with Gasteiger partial charge < -0.3 is 10.2 Å². The molecule has 0 bridgehead atoms. The standard InChI is InChI=1S/C20H22N4O3S/c1-16-5-7-19(8-6-16)28(26,27)24-11-9-23(10-12-24)15-20(25)22-18-4-2-3-17(13-18)14-21/h2-8,13H,9-12,15H2,1H3,(H,22,25)/p+1. The Bertz CT molecular complexity index is 989. The Morgan fingerprint density at radius 3 is 2.50 bits per heavy atom. The van der Waals surface area contributed by atoms with Gasteiger partial charge in [0.2, 0.25) is 10.0 Å². The van der Waals surface area contributed by atoms with Crippen molar-refractivity contribution in [2.45, 2.75) is 11.8 Å². The molecule has 0 radical (unpaired) electrons. The summed E-state index contributed by atoms with van der Waals surface area (Å²) in [5.74, 6) is -0.153. The highest BCUT2D eigenvalue weighted by Crippen LogP contribution is 2.16. The molecule has 2 aromatic rings. The zero-order valence-corrected chi connectivity index (χ0v) is 16.5. The molecule has 8 heteroatoms. The minimum atomic E-state index is -3.50. The number of aryl methyl sites for hydroxylation is 1. The fraction of sp³-hybridized carbons (Fsp3) is 0.300. The molecule has 146 valence electrons. The summed E-state index contributed by atoms with van der Waals surface area (Å²) in [6.07, 6.45) is 0. The van der Waals surface area contributed by atoms with Crippen molar-refractivity contribution in [2.75, 3.05) is 38.0 Å². The molecule has 3 rings (SSSR count). The summed E-state index contributed by atoms with van der Waals surface area (Å²) >= 11 is 0. The third kappa shape index (κ3) is 4.75. The van der Waals surface area contributed by atoms with E-state index in [1.165, 1.54) is 4.31 Å². The van der Waals surface area contributed by atoms with Crippen molar-refractivity contribution < 1.29 is 18.1 Å². The summed E-state index contributed by atoms with van der Waals surface area (Å²) in [4.78, 5) is 13.6. The number of nitrogens with one attached hydrogen (secondary N) is 2. The van der Waals surface area contributed by atoms with Crippen molar-refractivity contribution in [1.29, 1.82) is 5.26 Å². The third-order valence-electron chi connectivity index (χ3n) is 4.77. The first-order valence-electron chi connectivity index (χ1n) is 9.09. The molecule has 0 spiro atoms. The highest BCUT2D eigenvalue weighted by Gasteiger charge is 2.31. The predicted molar refractivity (Wildman–Crippen MR) is 105 cm³/mol. The molecule has 1 aliphatic heterocycles. The summed E-state index contributed by atoms with van der Waals surface area (Å²) in [5, 5.41) is 11.7. The SMILES string of the molecule is Cc1ccc(S(=O)(=O)N2CC[NH+](CC(=O)Nc3cccc(C#N)c3)CC2)cc1. The first-order chi connectivity index (χ1) is 13.4. The van der Waals surface area contributed by atoms with E-state index in [9.17, 15) is 13.2 Å². The zero-order valence-electron chi connectivity index (χ0n) is 15.7. The number of amides is 1. The van der Waals surface area contributed by atoms with E-state index in [-0.39, 0.29) is 12.5 Å². The molecule has 2 N–H and O–H groups in total. The van der Waals surface area contributed by atoms with E-state index in [0.717, 1.165) is 10.5 Å². The Balaban J connectivity index is 1.54. The summed E-state index contributed by atoms with van der Waals surface area (Å²) in [6.45, 7) is 4.06. The number of nitriles is 1. The molecule has 1 amide bonds. The molecule has 2 aromatic carbocycles. The number of carbonyl (C=O) groups is 1. The Morgan fingerprint density at radius 1 is 1.18 bits per heavy atom. The lowest BCUT2D eigenvalue weighted by Gasteiger charge is -2.31. The van der Waals surface area contributed by atoms with Gasteiger partial charge in [-0.1, -0.05) is 23.8 Å². The second kappa shape index (κ2) is 8.52. The van der Waals surface area contributed by atoms with Crippen LogP contribution < -0.4 is 10.2 Å². The van der Waals surface area contributed by atoms with Crippen molar-refractivity contribution >= 4 is 21.6 Å². The van der Waals surface area contributed by atoms with Crippen LogP contribution in [-0.2, 0) is 14.8 Å². The Kier molecular flexibility index (Phi) is 6.09. The van der Waals surface area contributed by atoms with E-state index < -0.39 is 10.0 Å². The predicted octanol–water partition coefficient (Wildman–Crippen LogP) is 0.395. The van der Waals surface area contributed by atoms with Crippen molar-refractivity contribution in [2.24, 2.45) is 0 Å². The largest absolute Gasteiger partial charge is 0.325 e. The number of quaternary nitrogens is 1. The average Bonchev–Trinajstić information content (AvgIpc) is 2.69. The summed E-state index contributed by atoms with van der Waals surface area (Å²) in [5.41, 5.74) is 2.09. The van der Waals surface area contributed by atoms with Gasteiger partial charge in [-0.15, -0.1) is 0 Å². The lowest BCUT2D eigenvalue weighted by molar-refractivity contribution is -0.895.